The molecule has 1 heterocycles. The fourth-order valence-corrected chi connectivity index (χ4v) is 1.82. The number of esters is 1. The summed E-state index contributed by atoms with van der Waals surface area (Å²) in [5, 5.41) is 4.11. The molecule has 0 aliphatic carbocycles. The summed E-state index contributed by atoms with van der Waals surface area (Å²) in [5.41, 5.74) is 1.13. The Labute approximate surface area is 117 Å². The van der Waals surface area contributed by atoms with Gasteiger partial charge in [-0.3, -0.25) is 0 Å². The minimum atomic E-state index is -0.403. The Morgan fingerprint density at radius 1 is 1.25 bits per heavy atom. The van der Waals surface area contributed by atoms with E-state index < -0.39 is 5.97 Å². The molecule has 0 aliphatic rings. The molecule has 0 unspecified atom stereocenters. The van der Waals surface area contributed by atoms with Gasteiger partial charge in [-0.2, -0.15) is 5.10 Å². The molecule has 104 valence electrons. The molecular formula is C15H16N2O3. The topological polar surface area (TPSA) is 61.2 Å². The van der Waals surface area contributed by atoms with Gasteiger partial charge in [0.05, 0.1) is 17.9 Å². The Hall–Kier alpha value is -2.43. The van der Waals surface area contributed by atoms with Crippen molar-refractivity contribution in [3.63, 3.8) is 0 Å². The molecule has 0 radical (unpaired) electrons. The van der Waals surface area contributed by atoms with E-state index in [0.717, 1.165) is 0 Å². The van der Waals surface area contributed by atoms with Crippen LogP contribution in [0.1, 0.15) is 30.1 Å². The first-order valence-corrected chi connectivity index (χ1v) is 6.44. The van der Waals surface area contributed by atoms with Crippen LogP contribution in [0.3, 0.4) is 0 Å². The third-order valence-electron chi connectivity index (χ3n) is 2.78. The molecule has 5 heteroatoms. The number of carbonyl (C=O) groups is 2. The van der Waals surface area contributed by atoms with Gasteiger partial charge in [0.1, 0.15) is 5.78 Å². The third kappa shape index (κ3) is 3.54. The van der Waals surface area contributed by atoms with Crippen molar-refractivity contribution in [2.45, 2.75) is 19.8 Å². The van der Waals surface area contributed by atoms with Crippen LogP contribution < -0.4 is 0 Å². The lowest BCUT2D eigenvalue weighted by molar-refractivity contribution is -0.117. The number of ketones is 1. The summed E-state index contributed by atoms with van der Waals surface area (Å²) < 4.78 is 6.80. The maximum absolute atomic E-state index is 12.1. The standard InChI is InChI=1S/C15H16N2O3/c1-12(18)6-4-11-20-15(19)13-7-2-3-8-14(13)17-10-5-9-16-17/h2-3,5,7-10H,4,6,11H2,1H3. The fourth-order valence-electron chi connectivity index (χ4n) is 1.82. The number of carbonyl (C=O) groups excluding carboxylic acids is 2. The Balaban J connectivity index is 2.05. The highest BCUT2D eigenvalue weighted by Crippen LogP contribution is 2.14. The van der Waals surface area contributed by atoms with Crippen LogP contribution in [-0.2, 0) is 9.53 Å². The van der Waals surface area contributed by atoms with Crippen LogP contribution in [0.15, 0.2) is 42.7 Å². The smallest absolute Gasteiger partial charge is 0.340 e. The van der Waals surface area contributed by atoms with Crippen LogP contribution in [0.4, 0.5) is 0 Å². The number of nitrogens with zero attached hydrogens (tertiary/aromatic N) is 2. The van der Waals surface area contributed by atoms with Crippen LogP contribution in [0, 0.1) is 0 Å². The Bertz CT molecular complexity index is 591. The summed E-state index contributed by atoms with van der Waals surface area (Å²) in [6.07, 6.45) is 4.38. The Morgan fingerprint density at radius 3 is 2.75 bits per heavy atom. The molecule has 0 bridgehead atoms. The van der Waals surface area contributed by atoms with Gasteiger partial charge in [0.15, 0.2) is 0 Å². The second-order valence-electron chi connectivity index (χ2n) is 4.41. The van der Waals surface area contributed by atoms with Crippen molar-refractivity contribution >= 4 is 11.8 Å². The van der Waals surface area contributed by atoms with E-state index in [1.54, 1.807) is 41.3 Å². The molecule has 1 aromatic carbocycles. The predicted octanol–water partition coefficient (Wildman–Crippen LogP) is 2.40. The zero-order valence-electron chi connectivity index (χ0n) is 11.3. The van der Waals surface area contributed by atoms with Gasteiger partial charge in [-0.15, -0.1) is 0 Å². The van der Waals surface area contributed by atoms with E-state index >= 15 is 0 Å². The molecule has 2 aromatic rings. The first-order chi connectivity index (χ1) is 9.68. The summed E-state index contributed by atoms with van der Waals surface area (Å²) in [5.74, 6) is -0.308. The Kier molecular flexibility index (Phi) is 4.65. The van der Waals surface area contributed by atoms with Gasteiger partial charge in [-0.1, -0.05) is 12.1 Å². The predicted molar refractivity (Wildman–Crippen MR) is 73.8 cm³/mol. The number of hydrogen-bond acceptors (Lipinski definition) is 4. The molecule has 1 aromatic heterocycles. The van der Waals surface area contributed by atoms with Crippen LogP contribution >= 0.6 is 0 Å². The van der Waals surface area contributed by atoms with E-state index in [1.807, 2.05) is 6.07 Å². The van der Waals surface area contributed by atoms with Crippen LogP contribution in [-0.4, -0.2) is 28.1 Å². The number of ether oxygens (including phenoxy) is 1. The third-order valence-corrected chi connectivity index (χ3v) is 2.78. The minimum absolute atomic E-state index is 0.0954. The highest BCUT2D eigenvalue weighted by Gasteiger charge is 2.13. The molecule has 0 saturated heterocycles. The molecule has 0 saturated carbocycles. The van der Waals surface area contributed by atoms with Crippen LogP contribution in [0.5, 0.6) is 0 Å². The van der Waals surface area contributed by atoms with Gasteiger partial charge < -0.3 is 9.53 Å². The van der Waals surface area contributed by atoms with Crippen molar-refractivity contribution in [2.75, 3.05) is 6.61 Å². The largest absolute Gasteiger partial charge is 0.462 e. The van der Waals surface area contributed by atoms with Gasteiger partial charge in [-0.05, 0) is 31.5 Å². The van der Waals surface area contributed by atoms with Gasteiger partial charge >= 0.3 is 5.97 Å². The van der Waals surface area contributed by atoms with E-state index in [-0.39, 0.29) is 12.4 Å². The number of hydrogen-bond donors (Lipinski definition) is 0. The zero-order valence-corrected chi connectivity index (χ0v) is 11.3. The van der Waals surface area contributed by atoms with Crippen molar-refractivity contribution < 1.29 is 14.3 Å². The normalized spacial score (nSPS) is 10.2. The van der Waals surface area contributed by atoms with Crippen molar-refractivity contribution in [2.24, 2.45) is 0 Å². The summed E-state index contributed by atoms with van der Waals surface area (Å²) >= 11 is 0. The first kappa shape index (κ1) is 14.0. The van der Waals surface area contributed by atoms with Gasteiger partial charge in [0.25, 0.3) is 0 Å². The SMILES string of the molecule is CC(=O)CCCOC(=O)c1ccccc1-n1cccn1. The summed E-state index contributed by atoms with van der Waals surface area (Å²) in [4.78, 5) is 22.9. The number of benzene rings is 1. The highest BCUT2D eigenvalue weighted by atomic mass is 16.5. The maximum atomic E-state index is 12.1. The molecule has 0 fully saturated rings. The van der Waals surface area contributed by atoms with E-state index in [0.29, 0.717) is 24.1 Å². The molecule has 0 aliphatic heterocycles. The number of aromatic nitrogens is 2. The second-order valence-corrected chi connectivity index (χ2v) is 4.41. The van der Waals surface area contributed by atoms with Gasteiger partial charge in [0.2, 0.25) is 0 Å². The van der Waals surface area contributed by atoms with Crippen LogP contribution in [0.25, 0.3) is 5.69 Å². The molecule has 0 N–H and O–H groups in total. The molecule has 0 amide bonds. The quantitative estimate of drug-likeness (QED) is 0.598. The molecule has 0 spiro atoms. The van der Waals surface area contributed by atoms with Gasteiger partial charge in [-0.25, -0.2) is 9.48 Å². The fraction of sp³-hybridized carbons (Fsp3) is 0.267. The minimum Gasteiger partial charge on any atom is -0.462 e. The van der Waals surface area contributed by atoms with Crippen molar-refractivity contribution in [1.82, 2.24) is 9.78 Å². The molecule has 20 heavy (non-hydrogen) atoms. The monoisotopic (exact) mass is 272 g/mol. The lowest BCUT2D eigenvalue weighted by atomic mass is 10.2. The number of para-hydroxylation sites is 1. The lowest BCUT2D eigenvalue weighted by Gasteiger charge is -2.09. The van der Waals surface area contributed by atoms with Gasteiger partial charge in [0, 0.05) is 18.8 Å². The van der Waals surface area contributed by atoms with Crippen molar-refractivity contribution in [3.05, 3.63) is 48.3 Å². The Morgan fingerprint density at radius 2 is 2.05 bits per heavy atom. The number of rotatable bonds is 6. The van der Waals surface area contributed by atoms with E-state index in [4.69, 9.17) is 4.74 Å². The maximum Gasteiger partial charge on any atom is 0.340 e. The summed E-state index contributed by atoms with van der Waals surface area (Å²) in [6, 6.07) is 8.90. The number of Topliss-reactive ketones (excluding diaryl/α,β-unsaturated/α-hetero) is 1. The van der Waals surface area contributed by atoms with E-state index in [2.05, 4.69) is 5.10 Å². The second kappa shape index (κ2) is 6.65. The molecule has 2 rings (SSSR count). The van der Waals surface area contributed by atoms with Crippen molar-refractivity contribution in [3.8, 4) is 5.69 Å². The average molecular weight is 272 g/mol. The lowest BCUT2D eigenvalue weighted by Crippen LogP contribution is -2.11. The zero-order chi connectivity index (χ0) is 14.4. The van der Waals surface area contributed by atoms with E-state index in [1.165, 1.54) is 6.92 Å². The summed E-state index contributed by atoms with van der Waals surface area (Å²) in [6.45, 7) is 1.76. The van der Waals surface area contributed by atoms with E-state index in [9.17, 15) is 9.59 Å². The highest BCUT2D eigenvalue weighted by molar-refractivity contribution is 5.93. The molecule has 0 atom stereocenters. The first-order valence-electron chi connectivity index (χ1n) is 6.44. The summed E-state index contributed by atoms with van der Waals surface area (Å²) in [7, 11) is 0. The molecular weight excluding hydrogens is 256 g/mol. The molecule has 5 nitrogen and oxygen atoms in total. The van der Waals surface area contributed by atoms with Crippen LogP contribution in [0.2, 0.25) is 0 Å². The average Bonchev–Trinajstić information content (AvgIpc) is 2.97. The van der Waals surface area contributed by atoms with Crippen molar-refractivity contribution in [1.29, 1.82) is 0 Å².